The van der Waals surface area contributed by atoms with Crippen molar-refractivity contribution < 1.29 is 0 Å². The summed E-state index contributed by atoms with van der Waals surface area (Å²) in [7, 11) is 0. The van der Waals surface area contributed by atoms with Crippen molar-refractivity contribution in [1.82, 2.24) is 20.2 Å². The first-order valence-corrected chi connectivity index (χ1v) is 7.72. The van der Waals surface area contributed by atoms with Gasteiger partial charge in [-0.25, -0.2) is 4.98 Å². The van der Waals surface area contributed by atoms with Crippen molar-refractivity contribution in [2.24, 2.45) is 0 Å². The molecule has 2 aromatic rings. The van der Waals surface area contributed by atoms with Crippen LogP contribution in [0.4, 0.5) is 0 Å². The molecule has 1 saturated heterocycles. The van der Waals surface area contributed by atoms with Gasteiger partial charge in [-0.2, -0.15) is 0 Å². The highest BCUT2D eigenvalue weighted by Crippen LogP contribution is 2.23. The summed E-state index contributed by atoms with van der Waals surface area (Å²) in [4.78, 5) is 22.8. The van der Waals surface area contributed by atoms with Crippen LogP contribution < -0.4 is 10.9 Å². The fraction of sp³-hybridized carbons (Fsp3) is 0.429. The van der Waals surface area contributed by atoms with Crippen molar-refractivity contribution in [3.05, 3.63) is 39.8 Å². The summed E-state index contributed by atoms with van der Waals surface area (Å²) in [5, 5.41) is 5.33. The van der Waals surface area contributed by atoms with Crippen LogP contribution in [0.25, 0.3) is 10.6 Å². The lowest BCUT2D eigenvalue weighted by molar-refractivity contribution is 0.179. The van der Waals surface area contributed by atoms with Gasteiger partial charge in [0.05, 0.1) is 16.6 Å². The van der Waals surface area contributed by atoms with Crippen molar-refractivity contribution in [1.29, 1.82) is 0 Å². The number of nitrogens with zero attached hydrogens (tertiary/aromatic N) is 2. The van der Waals surface area contributed by atoms with Gasteiger partial charge in [0.25, 0.3) is 5.56 Å². The highest BCUT2D eigenvalue weighted by atomic mass is 32.1. The number of H-pyrrole nitrogens is 1. The van der Waals surface area contributed by atoms with E-state index in [4.69, 9.17) is 0 Å². The third kappa shape index (κ3) is 2.82. The topological polar surface area (TPSA) is 61.0 Å². The summed E-state index contributed by atoms with van der Waals surface area (Å²) in [6.07, 6.45) is 0. The minimum Gasteiger partial charge on any atom is -0.314 e. The van der Waals surface area contributed by atoms with Crippen molar-refractivity contribution in [3.63, 3.8) is 0 Å². The number of piperazine rings is 1. The third-order valence-corrected chi connectivity index (χ3v) is 4.52. The van der Waals surface area contributed by atoms with Gasteiger partial charge in [-0.1, -0.05) is 6.07 Å². The minimum atomic E-state index is -0.0830. The van der Waals surface area contributed by atoms with Crippen LogP contribution in [-0.2, 0) is 0 Å². The smallest absolute Gasteiger partial charge is 0.251 e. The molecule has 1 aliphatic heterocycles. The summed E-state index contributed by atoms with van der Waals surface area (Å²) in [6, 6.07) is 5.66. The molecule has 0 radical (unpaired) electrons. The number of aromatic amines is 1. The summed E-state index contributed by atoms with van der Waals surface area (Å²) >= 11 is 1.60. The Bertz CT molecular complexity index is 616. The largest absolute Gasteiger partial charge is 0.314 e. The van der Waals surface area contributed by atoms with E-state index in [0.29, 0.717) is 0 Å². The Morgan fingerprint density at radius 1 is 1.40 bits per heavy atom. The molecule has 20 heavy (non-hydrogen) atoms. The number of hydrogen-bond donors (Lipinski definition) is 2. The summed E-state index contributed by atoms with van der Waals surface area (Å²) < 4.78 is 0. The van der Waals surface area contributed by atoms with Gasteiger partial charge in [0.2, 0.25) is 0 Å². The molecule has 6 heteroatoms. The highest BCUT2D eigenvalue weighted by Gasteiger charge is 2.20. The molecule has 0 aromatic carbocycles. The zero-order valence-electron chi connectivity index (χ0n) is 11.4. The fourth-order valence-corrected chi connectivity index (χ4v) is 3.15. The molecule has 3 rings (SSSR count). The molecule has 106 valence electrons. The minimum absolute atomic E-state index is 0.0830. The van der Waals surface area contributed by atoms with E-state index in [0.717, 1.165) is 42.6 Å². The molecule has 0 saturated carbocycles. The molecule has 2 aromatic heterocycles. The third-order valence-electron chi connectivity index (χ3n) is 3.63. The number of thiophene rings is 1. The van der Waals surface area contributed by atoms with Gasteiger partial charge >= 0.3 is 0 Å². The second kappa shape index (κ2) is 5.87. The van der Waals surface area contributed by atoms with Gasteiger partial charge in [-0.15, -0.1) is 11.3 Å². The van der Waals surface area contributed by atoms with Gasteiger partial charge in [0.1, 0.15) is 5.82 Å². The van der Waals surface area contributed by atoms with Crippen LogP contribution in [0.3, 0.4) is 0 Å². The van der Waals surface area contributed by atoms with Crippen LogP contribution >= 0.6 is 11.3 Å². The average molecular weight is 290 g/mol. The van der Waals surface area contributed by atoms with E-state index in [9.17, 15) is 4.79 Å². The van der Waals surface area contributed by atoms with Crippen LogP contribution in [0, 0.1) is 0 Å². The van der Waals surface area contributed by atoms with Crippen LogP contribution in [0.1, 0.15) is 18.8 Å². The Morgan fingerprint density at radius 3 is 2.90 bits per heavy atom. The van der Waals surface area contributed by atoms with Crippen LogP contribution in [-0.4, -0.2) is 41.0 Å². The Labute approximate surface area is 121 Å². The SMILES string of the molecule is CC(c1nc(-c2cccs2)cc(=O)[nH]1)N1CCNCC1. The van der Waals surface area contributed by atoms with Crippen LogP contribution in [0.2, 0.25) is 0 Å². The number of hydrogen-bond acceptors (Lipinski definition) is 5. The van der Waals surface area contributed by atoms with E-state index in [1.165, 1.54) is 0 Å². The maximum Gasteiger partial charge on any atom is 0.251 e. The maximum absolute atomic E-state index is 11.9. The standard InChI is InChI=1S/C14H18N4OS/c1-10(18-6-4-15-5-7-18)14-16-11(9-13(19)17-14)12-3-2-8-20-12/h2-3,8-10,15H,4-7H2,1H3,(H,16,17,19). The Morgan fingerprint density at radius 2 is 2.20 bits per heavy atom. The Kier molecular flexibility index (Phi) is 3.95. The number of nitrogens with one attached hydrogen (secondary N) is 2. The van der Waals surface area contributed by atoms with Gasteiger partial charge in [-0.3, -0.25) is 9.69 Å². The predicted molar refractivity (Wildman–Crippen MR) is 81.0 cm³/mol. The van der Waals surface area contributed by atoms with Gasteiger partial charge in [-0.05, 0) is 18.4 Å². The second-order valence-electron chi connectivity index (χ2n) is 4.96. The zero-order valence-corrected chi connectivity index (χ0v) is 12.2. The molecule has 1 fully saturated rings. The molecule has 1 aliphatic rings. The lowest BCUT2D eigenvalue weighted by atomic mass is 10.2. The van der Waals surface area contributed by atoms with Crippen molar-refractivity contribution in [2.75, 3.05) is 26.2 Å². The van der Waals surface area contributed by atoms with Gasteiger partial charge in [0, 0.05) is 32.2 Å². The molecule has 5 nitrogen and oxygen atoms in total. The molecule has 0 aliphatic carbocycles. The molecule has 2 N–H and O–H groups in total. The average Bonchev–Trinajstić information content (AvgIpc) is 3.01. The zero-order chi connectivity index (χ0) is 13.9. The van der Waals surface area contributed by atoms with Gasteiger partial charge < -0.3 is 10.3 Å². The maximum atomic E-state index is 11.9. The van der Waals surface area contributed by atoms with Crippen molar-refractivity contribution in [3.8, 4) is 10.6 Å². The van der Waals surface area contributed by atoms with Crippen LogP contribution in [0.15, 0.2) is 28.4 Å². The first kappa shape index (κ1) is 13.5. The normalized spacial score (nSPS) is 18.1. The molecule has 1 atom stereocenters. The fourth-order valence-electron chi connectivity index (χ4n) is 2.47. The van der Waals surface area contributed by atoms with E-state index in [1.54, 1.807) is 17.4 Å². The highest BCUT2D eigenvalue weighted by molar-refractivity contribution is 7.13. The van der Waals surface area contributed by atoms with Crippen LogP contribution in [0.5, 0.6) is 0 Å². The lowest BCUT2D eigenvalue weighted by Gasteiger charge is -2.32. The first-order valence-electron chi connectivity index (χ1n) is 6.84. The Balaban J connectivity index is 1.91. The van der Waals surface area contributed by atoms with E-state index >= 15 is 0 Å². The molecule has 0 spiro atoms. The van der Waals surface area contributed by atoms with Gasteiger partial charge in [0.15, 0.2) is 0 Å². The number of rotatable bonds is 3. The van der Waals surface area contributed by atoms with Crippen molar-refractivity contribution >= 4 is 11.3 Å². The summed E-state index contributed by atoms with van der Waals surface area (Å²) in [6.45, 7) is 6.03. The monoisotopic (exact) mass is 290 g/mol. The molecule has 1 unspecified atom stereocenters. The lowest BCUT2D eigenvalue weighted by Crippen LogP contribution is -2.45. The predicted octanol–water partition coefficient (Wildman–Crippen LogP) is 1.46. The second-order valence-corrected chi connectivity index (χ2v) is 5.90. The quantitative estimate of drug-likeness (QED) is 0.898. The first-order chi connectivity index (χ1) is 9.74. The number of aromatic nitrogens is 2. The molecular weight excluding hydrogens is 272 g/mol. The molecular formula is C14H18N4OS. The van der Waals surface area contributed by atoms with Crippen molar-refractivity contribution in [2.45, 2.75) is 13.0 Å². The molecule has 3 heterocycles. The summed E-state index contributed by atoms with van der Waals surface area (Å²) in [5.74, 6) is 0.753. The van der Waals surface area contributed by atoms with E-state index < -0.39 is 0 Å². The Hall–Kier alpha value is -1.50. The summed E-state index contributed by atoms with van der Waals surface area (Å²) in [5.41, 5.74) is 0.682. The van der Waals surface area contributed by atoms with E-state index in [-0.39, 0.29) is 11.6 Å². The van der Waals surface area contributed by atoms with E-state index in [2.05, 4.69) is 27.1 Å². The molecule has 0 bridgehead atoms. The molecule has 0 amide bonds. The van der Waals surface area contributed by atoms with E-state index in [1.807, 2.05) is 17.5 Å².